The highest BCUT2D eigenvalue weighted by molar-refractivity contribution is 14.0. The summed E-state index contributed by atoms with van der Waals surface area (Å²) in [5, 5.41) is 7.19. The van der Waals surface area contributed by atoms with E-state index in [2.05, 4.69) is 29.3 Å². The molecule has 3 N–H and O–H groups in total. The summed E-state index contributed by atoms with van der Waals surface area (Å²) >= 11 is 0. The number of aliphatic imine (C=N–C) groups is 1. The predicted octanol–water partition coefficient (Wildman–Crippen LogP) is 1.14. The standard InChI is InChI=1S/C11H21N5.HI/c1-9(2)6-14-11(12)13-5-4-10-7-15-16(3)8-10;/h7-9H,4-6H2,1-3H3,(H3,12,13,14);1H. The molecule has 0 saturated heterocycles. The van der Waals surface area contributed by atoms with E-state index in [4.69, 9.17) is 5.73 Å². The third kappa shape index (κ3) is 7.19. The molecule has 0 saturated carbocycles. The molecule has 1 aromatic rings. The van der Waals surface area contributed by atoms with Crippen molar-refractivity contribution in [1.82, 2.24) is 15.1 Å². The van der Waals surface area contributed by atoms with Crippen LogP contribution in [0.5, 0.6) is 0 Å². The van der Waals surface area contributed by atoms with E-state index in [1.54, 1.807) is 4.68 Å². The Morgan fingerprint density at radius 1 is 1.59 bits per heavy atom. The van der Waals surface area contributed by atoms with Crippen molar-refractivity contribution in [2.45, 2.75) is 20.3 Å². The first-order valence-electron chi connectivity index (χ1n) is 5.59. The van der Waals surface area contributed by atoms with Crippen LogP contribution in [0.15, 0.2) is 17.4 Å². The summed E-state index contributed by atoms with van der Waals surface area (Å²) in [4.78, 5) is 4.22. The molecule has 0 radical (unpaired) electrons. The Hall–Kier alpha value is -0.790. The van der Waals surface area contributed by atoms with Crippen molar-refractivity contribution in [3.63, 3.8) is 0 Å². The van der Waals surface area contributed by atoms with Gasteiger partial charge in [0.05, 0.1) is 6.20 Å². The lowest BCUT2D eigenvalue weighted by Gasteiger charge is -2.05. The fraction of sp³-hybridized carbons (Fsp3) is 0.636. The number of nitrogens with zero attached hydrogens (tertiary/aromatic N) is 3. The molecule has 0 bridgehead atoms. The summed E-state index contributed by atoms with van der Waals surface area (Å²) in [6.07, 6.45) is 4.78. The number of nitrogens with one attached hydrogen (secondary N) is 1. The topological polar surface area (TPSA) is 68.2 Å². The van der Waals surface area contributed by atoms with Crippen molar-refractivity contribution >= 4 is 29.9 Å². The SMILES string of the molecule is CC(C)CN=C(N)NCCc1cnn(C)c1.I. The maximum absolute atomic E-state index is 5.71. The van der Waals surface area contributed by atoms with Gasteiger partial charge in [0.1, 0.15) is 0 Å². The Balaban J connectivity index is 0.00000256. The number of nitrogens with two attached hydrogens (primary N) is 1. The summed E-state index contributed by atoms with van der Waals surface area (Å²) in [6, 6.07) is 0. The highest BCUT2D eigenvalue weighted by atomic mass is 127. The minimum absolute atomic E-state index is 0. The zero-order chi connectivity index (χ0) is 12.0. The van der Waals surface area contributed by atoms with Gasteiger partial charge in [-0.1, -0.05) is 13.8 Å². The van der Waals surface area contributed by atoms with Gasteiger partial charge < -0.3 is 11.1 Å². The second kappa shape index (κ2) is 8.32. The highest BCUT2D eigenvalue weighted by Gasteiger charge is 1.97. The molecule has 0 aliphatic carbocycles. The average Bonchev–Trinajstić information content (AvgIpc) is 2.61. The molecule has 0 unspecified atom stereocenters. The van der Waals surface area contributed by atoms with Gasteiger partial charge in [-0.15, -0.1) is 24.0 Å². The van der Waals surface area contributed by atoms with Crippen molar-refractivity contribution in [3.8, 4) is 0 Å². The molecule has 0 spiro atoms. The Morgan fingerprint density at radius 2 is 2.29 bits per heavy atom. The maximum Gasteiger partial charge on any atom is 0.188 e. The molecule has 0 aliphatic heterocycles. The zero-order valence-electron chi connectivity index (χ0n) is 10.7. The first-order chi connectivity index (χ1) is 7.58. The molecular weight excluding hydrogens is 329 g/mol. The minimum Gasteiger partial charge on any atom is -0.370 e. The fourth-order valence-corrected chi connectivity index (χ4v) is 1.27. The van der Waals surface area contributed by atoms with Crippen LogP contribution in [0.1, 0.15) is 19.4 Å². The van der Waals surface area contributed by atoms with Crippen LogP contribution in [0.4, 0.5) is 0 Å². The van der Waals surface area contributed by atoms with Gasteiger partial charge in [-0.2, -0.15) is 5.10 Å². The molecule has 1 aromatic heterocycles. The largest absolute Gasteiger partial charge is 0.370 e. The number of hydrogen-bond donors (Lipinski definition) is 2. The number of aryl methyl sites for hydroxylation is 1. The third-order valence-corrected chi connectivity index (χ3v) is 2.10. The van der Waals surface area contributed by atoms with Gasteiger partial charge in [0, 0.05) is 26.3 Å². The van der Waals surface area contributed by atoms with Gasteiger partial charge in [-0.05, 0) is 17.9 Å². The second-order valence-electron chi connectivity index (χ2n) is 4.32. The van der Waals surface area contributed by atoms with Crippen LogP contribution >= 0.6 is 24.0 Å². The van der Waals surface area contributed by atoms with E-state index in [1.807, 2.05) is 19.4 Å². The zero-order valence-corrected chi connectivity index (χ0v) is 13.0. The van der Waals surface area contributed by atoms with Gasteiger partial charge in [-0.25, -0.2) is 0 Å². The van der Waals surface area contributed by atoms with Crippen LogP contribution in [0, 0.1) is 5.92 Å². The molecule has 0 aromatic carbocycles. The fourth-order valence-electron chi connectivity index (χ4n) is 1.27. The number of halogens is 1. The quantitative estimate of drug-likeness (QED) is 0.475. The predicted molar refractivity (Wildman–Crippen MR) is 81.7 cm³/mol. The lowest BCUT2D eigenvalue weighted by molar-refractivity contribution is 0.661. The Kier molecular flexibility index (Phi) is 7.94. The van der Waals surface area contributed by atoms with E-state index in [0.717, 1.165) is 19.5 Å². The van der Waals surface area contributed by atoms with Crippen LogP contribution in [0.25, 0.3) is 0 Å². The summed E-state index contributed by atoms with van der Waals surface area (Å²) in [5.74, 6) is 1.07. The molecule has 6 heteroatoms. The highest BCUT2D eigenvalue weighted by Crippen LogP contribution is 1.96. The van der Waals surface area contributed by atoms with E-state index in [1.165, 1.54) is 5.56 Å². The number of aromatic nitrogens is 2. The van der Waals surface area contributed by atoms with E-state index < -0.39 is 0 Å². The van der Waals surface area contributed by atoms with Crippen molar-refractivity contribution in [1.29, 1.82) is 0 Å². The van der Waals surface area contributed by atoms with Crippen LogP contribution in [-0.2, 0) is 13.5 Å². The molecule has 17 heavy (non-hydrogen) atoms. The van der Waals surface area contributed by atoms with Crippen LogP contribution in [0.2, 0.25) is 0 Å². The number of rotatable bonds is 5. The van der Waals surface area contributed by atoms with Gasteiger partial charge in [0.2, 0.25) is 0 Å². The molecule has 5 nitrogen and oxygen atoms in total. The summed E-state index contributed by atoms with van der Waals surface area (Å²) < 4.78 is 1.80. The van der Waals surface area contributed by atoms with Crippen molar-refractivity contribution in [2.24, 2.45) is 23.7 Å². The lowest BCUT2D eigenvalue weighted by Crippen LogP contribution is -2.33. The van der Waals surface area contributed by atoms with Gasteiger partial charge in [0.25, 0.3) is 0 Å². The van der Waals surface area contributed by atoms with Crippen molar-refractivity contribution in [3.05, 3.63) is 18.0 Å². The molecule has 98 valence electrons. The van der Waals surface area contributed by atoms with Crippen LogP contribution in [0.3, 0.4) is 0 Å². The van der Waals surface area contributed by atoms with Gasteiger partial charge in [0.15, 0.2) is 5.96 Å². The molecular formula is C11H22IN5. The monoisotopic (exact) mass is 351 g/mol. The Bertz CT molecular complexity index is 345. The Morgan fingerprint density at radius 3 is 2.82 bits per heavy atom. The number of guanidine groups is 1. The summed E-state index contributed by atoms with van der Waals surface area (Å²) in [5.41, 5.74) is 6.91. The molecule has 0 atom stereocenters. The van der Waals surface area contributed by atoms with E-state index in [-0.39, 0.29) is 24.0 Å². The van der Waals surface area contributed by atoms with Crippen LogP contribution < -0.4 is 11.1 Å². The molecule has 0 fully saturated rings. The molecule has 0 aliphatic rings. The lowest BCUT2D eigenvalue weighted by atomic mass is 10.2. The molecule has 0 amide bonds. The average molecular weight is 351 g/mol. The first kappa shape index (κ1) is 16.2. The number of hydrogen-bond acceptors (Lipinski definition) is 2. The van der Waals surface area contributed by atoms with Gasteiger partial charge in [-0.3, -0.25) is 9.67 Å². The minimum atomic E-state index is 0. The molecule has 1 rings (SSSR count). The Labute approximate surface area is 120 Å². The maximum atomic E-state index is 5.71. The summed E-state index contributed by atoms with van der Waals surface area (Å²) in [6.45, 7) is 5.80. The molecule has 1 heterocycles. The normalized spacial score (nSPS) is 11.4. The van der Waals surface area contributed by atoms with E-state index >= 15 is 0 Å². The van der Waals surface area contributed by atoms with Crippen molar-refractivity contribution in [2.75, 3.05) is 13.1 Å². The van der Waals surface area contributed by atoms with Gasteiger partial charge >= 0.3 is 0 Å². The van der Waals surface area contributed by atoms with Crippen LogP contribution in [-0.4, -0.2) is 28.8 Å². The smallest absolute Gasteiger partial charge is 0.188 e. The summed E-state index contributed by atoms with van der Waals surface area (Å²) in [7, 11) is 1.91. The third-order valence-electron chi connectivity index (χ3n) is 2.10. The van der Waals surface area contributed by atoms with Crippen molar-refractivity contribution < 1.29 is 0 Å². The second-order valence-corrected chi connectivity index (χ2v) is 4.32. The van der Waals surface area contributed by atoms with E-state index in [0.29, 0.717) is 11.9 Å². The van der Waals surface area contributed by atoms with E-state index in [9.17, 15) is 0 Å². The first-order valence-corrected chi connectivity index (χ1v) is 5.59.